The van der Waals surface area contributed by atoms with E-state index in [9.17, 15) is 9.59 Å². The third-order valence-corrected chi connectivity index (χ3v) is 6.48. The fraction of sp³-hybridized carbons (Fsp3) is 0.462. The number of rotatable bonds is 4. The Morgan fingerprint density at radius 3 is 1.30 bits per heavy atom. The lowest BCUT2D eigenvalue weighted by Crippen LogP contribution is -2.31. The highest BCUT2D eigenvalue weighted by atomic mass is 16.2. The minimum Gasteiger partial charge on any atom is -0.326 e. The summed E-state index contributed by atoms with van der Waals surface area (Å²) in [6.07, 6.45) is 5.91. The summed E-state index contributed by atoms with van der Waals surface area (Å²) in [5, 5.41) is 5.98. The van der Waals surface area contributed by atoms with Gasteiger partial charge in [0.25, 0.3) is 0 Å². The molecule has 0 saturated heterocycles. The van der Waals surface area contributed by atoms with E-state index in [4.69, 9.17) is 0 Å². The van der Waals surface area contributed by atoms with Crippen LogP contribution in [0, 0.1) is 27.7 Å². The highest BCUT2D eigenvalue weighted by Gasteiger charge is 2.37. The maximum atomic E-state index is 11.6. The molecule has 1 fully saturated rings. The van der Waals surface area contributed by atoms with Gasteiger partial charge in [-0.1, -0.05) is 43.5 Å². The van der Waals surface area contributed by atoms with Crippen molar-refractivity contribution in [3.05, 3.63) is 57.6 Å². The highest BCUT2D eigenvalue weighted by Crippen LogP contribution is 2.47. The maximum Gasteiger partial charge on any atom is 0.221 e. The molecule has 1 aliphatic carbocycles. The molecule has 2 aromatic rings. The molecule has 0 aliphatic heterocycles. The topological polar surface area (TPSA) is 58.2 Å². The summed E-state index contributed by atoms with van der Waals surface area (Å²) in [5.41, 5.74) is 8.89. The first kappa shape index (κ1) is 22.1. The predicted molar refractivity (Wildman–Crippen MR) is 124 cm³/mol. The molecule has 2 N–H and O–H groups in total. The van der Waals surface area contributed by atoms with Crippen LogP contribution in [0.3, 0.4) is 0 Å². The lowest BCUT2D eigenvalue weighted by Gasteiger charge is -2.40. The van der Waals surface area contributed by atoms with Gasteiger partial charge in [-0.2, -0.15) is 0 Å². The van der Waals surface area contributed by atoms with Gasteiger partial charge in [-0.15, -0.1) is 0 Å². The van der Waals surface area contributed by atoms with Gasteiger partial charge in [-0.25, -0.2) is 0 Å². The lowest BCUT2D eigenvalue weighted by molar-refractivity contribution is -0.115. The molecule has 1 aliphatic rings. The third-order valence-electron chi connectivity index (χ3n) is 6.48. The molecule has 160 valence electrons. The SMILES string of the molecule is CC(=O)Nc1c(C)cc(C2(c3cc(C)c(NC(C)=O)c(C)c3)CCCCC2)cc1C. The first-order chi connectivity index (χ1) is 14.1. The molecule has 0 unspecified atom stereocenters. The first-order valence-corrected chi connectivity index (χ1v) is 10.9. The van der Waals surface area contributed by atoms with Crippen molar-refractivity contribution < 1.29 is 9.59 Å². The summed E-state index contributed by atoms with van der Waals surface area (Å²) in [6, 6.07) is 9.04. The van der Waals surface area contributed by atoms with E-state index in [2.05, 4.69) is 62.6 Å². The fourth-order valence-corrected chi connectivity index (χ4v) is 5.13. The Morgan fingerprint density at radius 1 is 0.667 bits per heavy atom. The van der Waals surface area contributed by atoms with Crippen LogP contribution in [0.25, 0.3) is 0 Å². The van der Waals surface area contributed by atoms with Crippen LogP contribution in [0.5, 0.6) is 0 Å². The van der Waals surface area contributed by atoms with Gasteiger partial charge in [-0.3, -0.25) is 9.59 Å². The molecule has 0 heterocycles. The van der Waals surface area contributed by atoms with E-state index >= 15 is 0 Å². The second kappa shape index (κ2) is 8.63. The first-order valence-electron chi connectivity index (χ1n) is 10.9. The second-order valence-electron chi connectivity index (χ2n) is 8.98. The van der Waals surface area contributed by atoms with E-state index in [1.807, 2.05) is 0 Å². The van der Waals surface area contributed by atoms with E-state index in [0.717, 1.165) is 46.5 Å². The number of carbonyl (C=O) groups excluding carboxylic acids is 2. The number of carbonyl (C=O) groups is 2. The van der Waals surface area contributed by atoms with E-state index < -0.39 is 0 Å². The van der Waals surface area contributed by atoms with Crippen LogP contribution in [-0.2, 0) is 15.0 Å². The number of hydrogen-bond acceptors (Lipinski definition) is 2. The average molecular weight is 407 g/mol. The van der Waals surface area contributed by atoms with Gasteiger partial charge >= 0.3 is 0 Å². The number of nitrogens with one attached hydrogen (secondary N) is 2. The molecular formula is C26H34N2O2. The van der Waals surface area contributed by atoms with Crippen molar-refractivity contribution in [2.45, 2.75) is 79.1 Å². The average Bonchev–Trinajstić information content (AvgIpc) is 2.67. The maximum absolute atomic E-state index is 11.6. The van der Waals surface area contributed by atoms with Crippen LogP contribution >= 0.6 is 0 Å². The monoisotopic (exact) mass is 406 g/mol. The minimum absolute atomic E-state index is 0.0349. The van der Waals surface area contributed by atoms with E-state index in [0.29, 0.717) is 0 Å². The van der Waals surface area contributed by atoms with Crippen LogP contribution in [-0.4, -0.2) is 11.8 Å². The summed E-state index contributed by atoms with van der Waals surface area (Å²) >= 11 is 0. The van der Waals surface area contributed by atoms with Crippen molar-refractivity contribution in [3.8, 4) is 0 Å². The number of anilines is 2. The third kappa shape index (κ3) is 4.28. The summed E-state index contributed by atoms with van der Waals surface area (Å²) in [5.74, 6) is -0.0812. The minimum atomic E-state index is -0.0406. The molecule has 2 amide bonds. The molecule has 0 spiro atoms. The molecular weight excluding hydrogens is 372 g/mol. The zero-order chi connectivity index (χ0) is 22.1. The molecule has 0 radical (unpaired) electrons. The van der Waals surface area contributed by atoms with Gasteiger partial charge in [-0.05, 0) is 73.9 Å². The van der Waals surface area contributed by atoms with E-state index in [-0.39, 0.29) is 17.2 Å². The van der Waals surface area contributed by atoms with Crippen LogP contribution in [0.15, 0.2) is 24.3 Å². The molecule has 4 nitrogen and oxygen atoms in total. The fourth-order valence-electron chi connectivity index (χ4n) is 5.13. The van der Waals surface area contributed by atoms with Crippen molar-refractivity contribution in [2.24, 2.45) is 0 Å². The van der Waals surface area contributed by atoms with Crippen molar-refractivity contribution in [1.82, 2.24) is 0 Å². The molecule has 0 bridgehead atoms. The molecule has 0 aromatic heterocycles. The Morgan fingerprint density at radius 2 is 1.00 bits per heavy atom. The van der Waals surface area contributed by atoms with Gasteiger partial charge in [0.1, 0.15) is 0 Å². The summed E-state index contributed by atoms with van der Waals surface area (Å²) in [4.78, 5) is 23.3. The summed E-state index contributed by atoms with van der Waals surface area (Å²) < 4.78 is 0. The van der Waals surface area contributed by atoms with Gasteiger partial charge in [0, 0.05) is 30.6 Å². The van der Waals surface area contributed by atoms with Gasteiger partial charge in [0.05, 0.1) is 0 Å². The largest absolute Gasteiger partial charge is 0.326 e. The summed E-state index contributed by atoms with van der Waals surface area (Å²) in [7, 11) is 0. The molecule has 2 aromatic carbocycles. The predicted octanol–water partition coefficient (Wildman–Crippen LogP) is 6.09. The van der Waals surface area contributed by atoms with E-state index in [1.165, 1.54) is 30.4 Å². The molecule has 4 heteroatoms. The van der Waals surface area contributed by atoms with Crippen molar-refractivity contribution in [3.63, 3.8) is 0 Å². The van der Waals surface area contributed by atoms with Crippen molar-refractivity contribution in [1.29, 1.82) is 0 Å². The zero-order valence-electron chi connectivity index (χ0n) is 19.2. The zero-order valence-corrected chi connectivity index (χ0v) is 19.2. The Bertz CT molecular complexity index is 865. The quantitative estimate of drug-likeness (QED) is 0.646. The van der Waals surface area contributed by atoms with Crippen molar-refractivity contribution >= 4 is 23.2 Å². The Balaban J connectivity index is 2.15. The normalized spacial score (nSPS) is 15.5. The molecule has 0 atom stereocenters. The van der Waals surface area contributed by atoms with Crippen LogP contribution in [0.1, 0.15) is 79.3 Å². The molecule has 3 rings (SSSR count). The standard InChI is InChI=1S/C26H34N2O2/c1-16-12-22(13-17(2)24(16)27-20(5)29)26(10-8-7-9-11-26)23-14-18(3)25(19(4)15-23)28-21(6)30/h12-15H,7-11H2,1-6H3,(H,27,29)(H,28,30). The highest BCUT2D eigenvalue weighted by molar-refractivity contribution is 5.91. The van der Waals surface area contributed by atoms with Gasteiger partial charge in [0.2, 0.25) is 11.8 Å². The Hall–Kier alpha value is -2.62. The Kier molecular flexibility index (Phi) is 6.35. The number of benzene rings is 2. The van der Waals surface area contributed by atoms with Crippen molar-refractivity contribution in [2.75, 3.05) is 10.6 Å². The lowest BCUT2D eigenvalue weighted by atomic mass is 9.64. The number of aryl methyl sites for hydroxylation is 4. The molecule has 1 saturated carbocycles. The number of amides is 2. The van der Waals surface area contributed by atoms with Crippen LogP contribution in [0.2, 0.25) is 0 Å². The van der Waals surface area contributed by atoms with Crippen LogP contribution < -0.4 is 10.6 Å². The van der Waals surface area contributed by atoms with Crippen LogP contribution in [0.4, 0.5) is 11.4 Å². The number of hydrogen-bond donors (Lipinski definition) is 2. The summed E-state index contributed by atoms with van der Waals surface area (Å²) in [6.45, 7) is 11.4. The second-order valence-corrected chi connectivity index (χ2v) is 8.98. The van der Waals surface area contributed by atoms with Gasteiger partial charge in [0.15, 0.2) is 0 Å². The van der Waals surface area contributed by atoms with Gasteiger partial charge < -0.3 is 10.6 Å². The van der Waals surface area contributed by atoms with E-state index in [1.54, 1.807) is 13.8 Å². The molecule has 30 heavy (non-hydrogen) atoms. The smallest absolute Gasteiger partial charge is 0.221 e. The Labute approximate surface area is 180 Å².